The molecule has 3 heteroatoms. The van der Waals surface area contributed by atoms with Gasteiger partial charge in [0, 0.05) is 18.2 Å². The number of nitrogens with one attached hydrogen (secondary N) is 1. The summed E-state index contributed by atoms with van der Waals surface area (Å²) in [5.74, 6) is 0.266. The first-order valence-electron chi connectivity index (χ1n) is 8.43. The first kappa shape index (κ1) is 14.6. The van der Waals surface area contributed by atoms with Crippen molar-refractivity contribution < 1.29 is 4.79 Å². The number of fused-ring (bicyclic) bond motifs is 1. The van der Waals surface area contributed by atoms with E-state index in [-0.39, 0.29) is 5.91 Å². The Hall–Kier alpha value is -1.35. The van der Waals surface area contributed by atoms with E-state index in [1.165, 1.54) is 17.5 Å². The highest BCUT2D eigenvalue weighted by molar-refractivity contribution is 5.96. The lowest BCUT2D eigenvalue weighted by molar-refractivity contribution is 0.0641. The van der Waals surface area contributed by atoms with Gasteiger partial charge in [-0.15, -0.1) is 0 Å². The molecule has 21 heavy (non-hydrogen) atoms. The Morgan fingerprint density at radius 1 is 1.29 bits per heavy atom. The van der Waals surface area contributed by atoms with E-state index in [1.54, 1.807) is 0 Å². The normalized spacial score (nSPS) is 18.5. The Kier molecular flexibility index (Phi) is 4.59. The van der Waals surface area contributed by atoms with Crippen LogP contribution in [0.3, 0.4) is 0 Å². The average molecular weight is 286 g/mol. The van der Waals surface area contributed by atoms with Crippen molar-refractivity contribution in [1.29, 1.82) is 0 Å². The average Bonchev–Trinajstić information content (AvgIpc) is 3.01. The second kappa shape index (κ2) is 6.61. The highest BCUT2D eigenvalue weighted by atomic mass is 16.2. The summed E-state index contributed by atoms with van der Waals surface area (Å²) in [6.07, 6.45) is 6.61. The Balaban J connectivity index is 1.85. The number of benzene rings is 1. The zero-order chi connectivity index (χ0) is 14.7. The van der Waals surface area contributed by atoms with Crippen molar-refractivity contribution >= 4 is 5.91 Å². The van der Waals surface area contributed by atoms with Crippen molar-refractivity contribution in [2.24, 2.45) is 0 Å². The van der Waals surface area contributed by atoms with Crippen LogP contribution in [0.1, 0.15) is 54.1 Å². The van der Waals surface area contributed by atoms with Gasteiger partial charge in [0.1, 0.15) is 0 Å². The maximum Gasteiger partial charge on any atom is 0.254 e. The molecule has 0 aromatic heterocycles. The van der Waals surface area contributed by atoms with E-state index in [0.29, 0.717) is 6.04 Å². The molecule has 1 N–H and O–H groups in total. The molecule has 1 fully saturated rings. The fraction of sp³-hybridized carbons (Fsp3) is 0.611. The molecule has 0 atom stereocenters. The van der Waals surface area contributed by atoms with E-state index in [4.69, 9.17) is 0 Å². The van der Waals surface area contributed by atoms with E-state index in [2.05, 4.69) is 29.3 Å². The van der Waals surface area contributed by atoms with Crippen molar-refractivity contribution in [3.05, 3.63) is 34.9 Å². The fourth-order valence-corrected chi connectivity index (χ4v) is 3.78. The number of aryl methyl sites for hydroxylation is 1. The molecule has 0 radical (unpaired) electrons. The van der Waals surface area contributed by atoms with Crippen LogP contribution in [0, 0.1) is 0 Å². The Morgan fingerprint density at radius 2 is 2.10 bits per heavy atom. The van der Waals surface area contributed by atoms with Gasteiger partial charge in [-0.05, 0) is 68.8 Å². The summed E-state index contributed by atoms with van der Waals surface area (Å²) in [7, 11) is 0. The highest BCUT2D eigenvalue weighted by Crippen LogP contribution is 2.27. The molecule has 1 saturated heterocycles. The molecular formula is C18H26N2O. The second-order valence-corrected chi connectivity index (χ2v) is 6.28. The summed E-state index contributed by atoms with van der Waals surface area (Å²) in [5.41, 5.74) is 3.68. The number of piperidine rings is 1. The minimum atomic E-state index is 0.266. The van der Waals surface area contributed by atoms with E-state index in [0.717, 1.165) is 57.3 Å². The summed E-state index contributed by atoms with van der Waals surface area (Å²) in [4.78, 5) is 15.2. The van der Waals surface area contributed by atoms with Gasteiger partial charge in [0.2, 0.25) is 0 Å². The van der Waals surface area contributed by atoms with Gasteiger partial charge in [0.15, 0.2) is 0 Å². The summed E-state index contributed by atoms with van der Waals surface area (Å²) < 4.78 is 0. The molecule has 0 unspecified atom stereocenters. The third-order valence-corrected chi connectivity index (χ3v) is 4.85. The molecular weight excluding hydrogens is 260 g/mol. The molecule has 2 aliphatic rings. The predicted molar refractivity (Wildman–Crippen MR) is 85.7 cm³/mol. The quantitative estimate of drug-likeness (QED) is 0.923. The molecule has 1 aromatic carbocycles. The van der Waals surface area contributed by atoms with Gasteiger partial charge >= 0.3 is 0 Å². The van der Waals surface area contributed by atoms with Crippen molar-refractivity contribution in [2.45, 2.75) is 51.5 Å². The SMILES string of the molecule is CCCN(C(=O)c1cccc2c1CCC2)C1CCNCC1. The van der Waals surface area contributed by atoms with Gasteiger partial charge in [0.25, 0.3) is 5.91 Å². The minimum Gasteiger partial charge on any atom is -0.336 e. The molecule has 0 saturated carbocycles. The number of hydrogen-bond acceptors (Lipinski definition) is 2. The minimum absolute atomic E-state index is 0.266. The van der Waals surface area contributed by atoms with Gasteiger partial charge < -0.3 is 10.2 Å². The molecule has 3 nitrogen and oxygen atoms in total. The van der Waals surface area contributed by atoms with Crippen LogP contribution < -0.4 is 5.32 Å². The number of hydrogen-bond donors (Lipinski definition) is 1. The van der Waals surface area contributed by atoms with Crippen LogP contribution in [0.25, 0.3) is 0 Å². The predicted octanol–water partition coefficient (Wildman–Crippen LogP) is 2.78. The van der Waals surface area contributed by atoms with E-state index >= 15 is 0 Å². The monoisotopic (exact) mass is 286 g/mol. The summed E-state index contributed by atoms with van der Waals surface area (Å²) in [5, 5.41) is 3.39. The first-order valence-corrected chi connectivity index (χ1v) is 8.43. The second-order valence-electron chi connectivity index (χ2n) is 6.28. The Morgan fingerprint density at radius 3 is 2.86 bits per heavy atom. The highest BCUT2D eigenvalue weighted by Gasteiger charge is 2.28. The zero-order valence-corrected chi connectivity index (χ0v) is 13.0. The van der Waals surface area contributed by atoms with E-state index in [1.807, 2.05) is 6.07 Å². The third kappa shape index (κ3) is 2.98. The van der Waals surface area contributed by atoms with Crippen LogP contribution in [-0.2, 0) is 12.8 Å². The van der Waals surface area contributed by atoms with Crippen LogP contribution in [0.4, 0.5) is 0 Å². The summed E-state index contributed by atoms with van der Waals surface area (Å²) in [6.45, 7) is 5.11. The maximum absolute atomic E-state index is 13.1. The zero-order valence-electron chi connectivity index (χ0n) is 13.0. The molecule has 3 rings (SSSR count). The summed E-state index contributed by atoms with van der Waals surface area (Å²) >= 11 is 0. The van der Waals surface area contributed by atoms with Crippen molar-refractivity contribution in [1.82, 2.24) is 10.2 Å². The lowest BCUT2D eigenvalue weighted by Gasteiger charge is -2.35. The van der Waals surface area contributed by atoms with Crippen LogP contribution in [-0.4, -0.2) is 36.5 Å². The van der Waals surface area contributed by atoms with E-state index in [9.17, 15) is 4.79 Å². The molecule has 0 spiro atoms. The molecule has 0 bridgehead atoms. The van der Waals surface area contributed by atoms with Crippen molar-refractivity contribution in [2.75, 3.05) is 19.6 Å². The molecule has 1 aliphatic carbocycles. The van der Waals surface area contributed by atoms with Crippen LogP contribution >= 0.6 is 0 Å². The smallest absolute Gasteiger partial charge is 0.254 e. The van der Waals surface area contributed by atoms with Gasteiger partial charge in [0.05, 0.1) is 0 Å². The number of carbonyl (C=O) groups excluding carboxylic acids is 1. The fourth-order valence-electron chi connectivity index (χ4n) is 3.78. The summed E-state index contributed by atoms with van der Waals surface area (Å²) in [6, 6.07) is 6.70. The third-order valence-electron chi connectivity index (χ3n) is 4.85. The molecule has 114 valence electrons. The van der Waals surface area contributed by atoms with Gasteiger partial charge in [-0.3, -0.25) is 4.79 Å². The van der Waals surface area contributed by atoms with Gasteiger partial charge in [-0.2, -0.15) is 0 Å². The molecule has 1 heterocycles. The first-order chi connectivity index (χ1) is 10.3. The van der Waals surface area contributed by atoms with Crippen molar-refractivity contribution in [3.8, 4) is 0 Å². The van der Waals surface area contributed by atoms with E-state index < -0.39 is 0 Å². The van der Waals surface area contributed by atoms with Crippen LogP contribution in [0.2, 0.25) is 0 Å². The topological polar surface area (TPSA) is 32.3 Å². The number of amides is 1. The number of carbonyl (C=O) groups is 1. The Bertz CT molecular complexity index is 506. The molecule has 1 aliphatic heterocycles. The largest absolute Gasteiger partial charge is 0.336 e. The van der Waals surface area contributed by atoms with Gasteiger partial charge in [-0.1, -0.05) is 19.1 Å². The molecule has 1 amide bonds. The standard InChI is InChI=1S/C18H26N2O/c1-2-13-20(15-9-11-19-12-10-15)18(21)17-8-4-6-14-5-3-7-16(14)17/h4,6,8,15,19H,2-3,5,7,9-13H2,1H3. The Labute approximate surface area is 127 Å². The van der Waals surface area contributed by atoms with Crippen molar-refractivity contribution in [3.63, 3.8) is 0 Å². The van der Waals surface area contributed by atoms with Crippen LogP contribution in [0.15, 0.2) is 18.2 Å². The lowest BCUT2D eigenvalue weighted by atomic mass is 9.99. The lowest BCUT2D eigenvalue weighted by Crippen LogP contribution is -2.46. The van der Waals surface area contributed by atoms with Gasteiger partial charge in [-0.25, -0.2) is 0 Å². The molecule has 1 aromatic rings. The number of nitrogens with zero attached hydrogens (tertiary/aromatic N) is 1. The number of rotatable bonds is 4. The van der Waals surface area contributed by atoms with Crippen LogP contribution in [0.5, 0.6) is 0 Å². The maximum atomic E-state index is 13.1.